The smallest absolute Gasteiger partial charge is 0.255 e. The van der Waals surface area contributed by atoms with Crippen LogP contribution >= 0.6 is 0 Å². The summed E-state index contributed by atoms with van der Waals surface area (Å²) in [5.41, 5.74) is 1.08. The second kappa shape index (κ2) is 12.1. The molecule has 0 saturated carbocycles. The van der Waals surface area contributed by atoms with Crippen molar-refractivity contribution in [3.8, 4) is 11.5 Å². The minimum atomic E-state index is -0.240. The summed E-state index contributed by atoms with van der Waals surface area (Å²) in [5, 5.41) is 16.3. The Morgan fingerprint density at radius 3 is 2.71 bits per heavy atom. The zero-order valence-corrected chi connectivity index (χ0v) is 17.6. The van der Waals surface area contributed by atoms with Crippen molar-refractivity contribution in [2.24, 2.45) is 0 Å². The summed E-state index contributed by atoms with van der Waals surface area (Å²) in [6.45, 7) is 2.37. The molecule has 31 heavy (non-hydrogen) atoms. The van der Waals surface area contributed by atoms with Crippen molar-refractivity contribution in [2.75, 3.05) is 5.32 Å². The number of carbonyl (C=O) groups excluding carboxylic acids is 1. The lowest BCUT2D eigenvalue weighted by molar-refractivity contribution is 0.102. The SMILES string of the molecule is CCCCCCC=COc1ccc(C(=O)Nc2ccccc2OCc2nnn[nH]2)cc1. The Labute approximate surface area is 181 Å². The average molecular weight is 422 g/mol. The minimum Gasteiger partial charge on any atom is -0.483 e. The molecular weight excluding hydrogens is 394 g/mol. The van der Waals surface area contributed by atoms with E-state index in [1.54, 1.807) is 42.7 Å². The lowest BCUT2D eigenvalue weighted by atomic mass is 10.1. The van der Waals surface area contributed by atoms with Crippen LogP contribution in [0.4, 0.5) is 5.69 Å². The molecule has 0 atom stereocenters. The van der Waals surface area contributed by atoms with Gasteiger partial charge >= 0.3 is 0 Å². The predicted octanol–water partition coefficient (Wildman–Crippen LogP) is 4.89. The van der Waals surface area contributed by atoms with Gasteiger partial charge in [-0.15, -0.1) is 5.10 Å². The molecule has 2 N–H and O–H groups in total. The van der Waals surface area contributed by atoms with Gasteiger partial charge in [-0.2, -0.15) is 0 Å². The number of anilines is 1. The zero-order valence-electron chi connectivity index (χ0n) is 17.6. The topological polar surface area (TPSA) is 102 Å². The van der Waals surface area contributed by atoms with Gasteiger partial charge in [-0.05, 0) is 65.7 Å². The number of nitrogens with zero attached hydrogens (tertiary/aromatic N) is 3. The van der Waals surface area contributed by atoms with Crippen LogP contribution in [0, 0.1) is 0 Å². The van der Waals surface area contributed by atoms with E-state index in [2.05, 4.69) is 32.9 Å². The normalized spacial score (nSPS) is 10.9. The van der Waals surface area contributed by atoms with Crippen LogP contribution in [0.3, 0.4) is 0 Å². The monoisotopic (exact) mass is 421 g/mol. The summed E-state index contributed by atoms with van der Waals surface area (Å²) < 4.78 is 11.3. The molecule has 8 heteroatoms. The minimum absolute atomic E-state index is 0.165. The summed E-state index contributed by atoms with van der Waals surface area (Å²) in [7, 11) is 0. The fourth-order valence-corrected chi connectivity index (χ4v) is 2.84. The number of amides is 1. The van der Waals surface area contributed by atoms with E-state index in [0.717, 1.165) is 6.42 Å². The van der Waals surface area contributed by atoms with Crippen molar-refractivity contribution in [1.82, 2.24) is 20.6 Å². The maximum Gasteiger partial charge on any atom is 0.255 e. The number of para-hydroxylation sites is 2. The molecule has 1 aromatic heterocycles. The molecule has 1 heterocycles. The van der Waals surface area contributed by atoms with Crippen LogP contribution in [0.1, 0.15) is 55.2 Å². The lowest BCUT2D eigenvalue weighted by Gasteiger charge is -2.11. The van der Waals surface area contributed by atoms with Crippen molar-refractivity contribution >= 4 is 11.6 Å². The lowest BCUT2D eigenvalue weighted by Crippen LogP contribution is -2.13. The molecule has 8 nitrogen and oxygen atoms in total. The molecular formula is C23H27N5O3. The van der Waals surface area contributed by atoms with Crippen LogP contribution in [-0.4, -0.2) is 26.5 Å². The fourth-order valence-electron chi connectivity index (χ4n) is 2.84. The summed E-state index contributed by atoms with van der Waals surface area (Å²) in [6.07, 6.45) is 9.67. The molecule has 3 aromatic rings. The van der Waals surface area contributed by atoms with Crippen molar-refractivity contribution in [1.29, 1.82) is 0 Å². The van der Waals surface area contributed by atoms with E-state index >= 15 is 0 Å². The van der Waals surface area contributed by atoms with Crippen LogP contribution in [0.25, 0.3) is 0 Å². The number of benzene rings is 2. The third kappa shape index (κ3) is 7.26. The van der Waals surface area contributed by atoms with Gasteiger partial charge in [0.05, 0.1) is 11.9 Å². The molecule has 0 saturated heterocycles. The maximum atomic E-state index is 12.6. The number of allylic oxidation sites excluding steroid dienone is 1. The Hall–Kier alpha value is -3.68. The number of hydrogen-bond donors (Lipinski definition) is 2. The summed E-state index contributed by atoms with van der Waals surface area (Å²) in [6, 6.07) is 14.2. The van der Waals surface area contributed by atoms with E-state index in [4.69, 9.17) is 9.47 Å². The Kier molecular flexibility index (Phi) is 8.60. The molecule has 0 bridgehead atoms. The Morgan fingerprint density at radius 2 is 1.94 bits per heavy atom. The van der Waals surface area contributed by atoms with Gasteiger partial charge in [0.2, 0.25) is 0 Å². The number of tetrazole rings is 1. The van der Waals surface area contributed by atoms with Gasteiger partial charge in [0.1, 0.15) is 18.1 Å². The zero-order chi connectivity index (χ0) is 21.7. The number of aromatic amines is 1. The first-order valence-electron chi connectivity index (χ1n) is 10.4. The highest BCUT2D eigenvalue weighted by molar-refractivity contribution is 6.05. The Morgan fingerprint density at radius 1 is 1.10 bits per heavy atom. The highest BCUT2D eigenvalue weighted by atomic mass is 16.5. The van der Waals surface area contributed by atoms with Crippen LogP contribution in [0.2, 0.25) is 0 Å². The number of rotatable bonds is 12. The van der Waals surface area contributed by atoms with Gasteiger partial charge in [-0.25, -0.2) is 5.10 Å². The summed E-state index contributed by atoms with van der Waals surface area (Å²) in [4.78, 5) is 12.6. The van der Waals surface area contributed by atoms with Crippen molar-refractivity contribution < 1.29 is 14.3 Å². The van der Waals surface area contributed by atoms with Gasteiger partial charge in [0.25, 0.3) is 5.91 Å². The maximum absolute atomic E-state index is 12.6. The predicted molar refractivity (Wildman–Crippen MR) is 118 cm³/mol. The highest BCUT2D eigenvalue weighted by Crippen LogP contribution is 2.25. The number of carbonyl (C=O) groups is 1. The molecule has 3 rings (SSSR count). The number of H-pyrrole nitrogens is 1. The van der Waals surface area contributed by atoms with Crippen LogP contribution in [0.5, 0.6) is 11.5 Å². The van der Waals surface area contributed by atoms with E-state index in [1.165, 1.54) is 25.7 Å². The average Bonchev–Trinajstić information content (AvgIpc) is 3.32. The van der Waals surface area contributed by atoms with Crippen molar-refractivity contribution in [2.45, 2.75) is 45.6 Å². The molecule has 0 aliphatic carbocycles. The van der Waals surface area contributed by atoms with E-state index in [1.807, 2.05) is 18.2 Å². The first kappa shape index (κ1) is 22.0. The van der Waals surface area contributed by atoms with Crippen LogP contribution in [0.15, 0.2) is 60.9 Å². The molecule has 0 fully saturated rings. The fraction of sp³-hybridized carbons (Fsp3) is 0.304. The second-order valence-electron chi connectivity index (χ2n) is 6.95. The summed E-state index contributed by atoms with van der Waals surface area (Å²) in [5.74, 6) is 1.46. The third-order valence-corrected chi connectivity index (χ3v) is 4.53. The molecule has 2 aromatic carbocycles. The number of unbranched alkanes of at least 4 members (excludes halogenated alkanes) is 4. The van der Waals surface area contributed by atoms with E-state index in [-0.39, 0.29) is 12.5 Å². The van der Waals surface area contributed by atoms with Gasteiger partial charge in [0.15, 0.2) is 5.82 Å². The van der Waals surface area contributed by atoms with Crippen LogP contribution < -0.4 is 14.8 Å². The molecule has 1 amide bonds. The molecule has 0 aliphatic heterocycles. The third-order valence-electron chi connectivity index (χ3n) is 4.53. The number of ether oxygens (including phenoxy) is 2. The highest BCUT2D eigenvalue weighted by Gasteiger charge is 2.11. The van der Waals surface area contributed by atoms with Gasteiger partial charge in [-0.1, -0.05) is 38.3 Å². The Bertz CT molecular complexity index is 956. The number of aromatic nitrogens is 4. The first-order chi connectivity index (χ1) is 15.3. The first-order valence-corrected chi connectivity index (χ1v) is 10.4. The second-order valence-corrected chi connectivity index (χ2v) is 6.95. The number of nitrogens with one attached hydrogen (secondary N) is 2. The molecule has 0 aliphatic rings. The molecule has 162 valence electrons. The van der Waals surface area contributed by atoms with E-state index in [0.29, 0.717) is 28.6 Å². The number of hydrogen-bond acceptors (Lipinski definition) is 6. The standard InChI is InChI=1S/C23H27N5O3/c1-2-3-4-5-6-9-16-30-19-14-12-18(13-15-19)23(29)24-20-10-7-8-11-21(20)31-17-22-25-27-28-26-22/h7-16H,2-6,17H2,1H3,(H,24,29)(H,25,26,27,28). The van der Waals surface area contributed by atoms with Crippen molar-refractivity contribution in [3.05, 3.63) is 72.3 Å². The van der Waals surface area contributed by atoms with Gasteiger partial charge in [0, 0.05) is 5.56 Å². The van der Waals surface area contributed by atoms with Gasteiger partial charge in [-0.3, -0.25) is 4.79 Å². The van der Waals surface area contributed by atoms with E-state index < -0.39 is 0 Å². The van der Waals surface area contributed by atoms with Crippen molar-refractivity contribution in [3.63, 3.8) is 0 Å². The van der Waals surface area contributed by atoms with Gasteiger partial charge < -0.3 is 14.8 Å². The summed E-state index contributed by atoms with van der Waals surface area (Å²) >= 11 is 0. The largest absolute Gasteiger partial charge is 0.483 e. The molecule has 0 unspecified atom stereocenters. The van der Waals surface area contributed by atoms with Crippen LogP contribution in [-0.2, 0) is 6.61 Å². The quantitative estimate of drug-likeness (QED) is 0.319. The molecule has 0 spiro atoms. The Balaban J connectivity index is 1.51. The van der Waals surface area contributed by atoms with E-state index in [9.17, 15) is 4.79 Å². The molecule has 0 radical (unpaired) electrons.